The molecule has 0 radical (unpaired) electrons. The van der Waals surface area contributed by atoms with Crippen LogP contribution in [0.4, 0.5) is 5.69 Å². The van der Waals surface area contributed by atoms with Crippen LogP contribution >= 0.6 is 0 Å². The Morgan fingerprint density at radius 3 is 2.29 bits per heavy atom. The van der Waals surface area contributed by atoms with Crippen LogP contribution in [-0.4, -0.2) is 12.5 Å². The molecule has 0 bridgehead atoms. The molecule has 1 amide bonds. The minimum Gasteiger partial charge on any atom is -0.330 e. The number of hydrogen-bond donors (Lipinski definition) is 2. The molecule has 3 nitrogen and oxygen atoms in total. The lowest BCUT2D eigenvalue weighted by atomic mass is 9.85. The predicted octanol–water partition coefficient (Wildman–Crippen LogP) is 3.30. The Kier molecular flexibility index (Phi) is 3.78. The summed E-state index contributed by atoms with van der Waals surface area (Å²) in [5, 5.41) is 3.09. The topological polar surface area (TPSA) is 55.1 Å². The summed E-state index contributed by atoms with van der Waals surface area (Å²) < 4.78 is 0. The number of carbonyl (C=O) groups excluding carboxylic acids is 1. The number of rotatable bonds is 4. The van der Waals surface area contributed by atoms with Gasteiger partial charge >= 0.3 is 0 Å². The zero-order chi connectivity index (χ0) is 15.0. The van der Waals surface area contributed by atoms with Gasteiger partial charge in [-0.3, -0.25) is 4.79 Å². The third kappa shape index (κ3) is 2.84. The van der Waals surface area contributed by atoms with E-state index in [4.69, 9.17) is 5.73 Å². The van der Waals surface area contributed by atoms with E-state index in [0.29, 0.717) is 18.4 Å². The first-order chi connectivity index (χ1) is 10.0. The lowest BCUT2D eigenvalue weighted by Crippen LogP contribution is -2.28. The van der Waals surface area contributed by atoms with E-state index in [1.807, 2.05) is 12.1 Å². The first-order valence-corrected chi connectivity index (χ1v) is 8.14. The average molecular weight is 286 g/mol. The van der Waals surface area contributed by atoms with Crippen LogP contribution in [0.1, 0.15) is 45.1 Å². The molecule has 2 fully saturated rings. The van der Waals surface area contributed by atoms with Crippen molar-refractivity contribution >= 4 is 11.6 Å². The van der Waals surface area contributed by atoms with E-state index in [0.717, 1.165) is 5.69 Å². The molecular weight excluding hydrogens is 260 g/mol. The van der Waals surface area contributed by atoms with Crippen LogP contribution in [0.15, 0.2) is 24.3 Å². The highest BCUT2D eigenvalue weighted by Crippen LogP contribution is 2.55. The van der Waals surface area contributed by atoms with Crippen molar-refractivity contribution in [3.63, 3.8) is 0 Å². The molecule has 0 saturated heterocycles. The Balaban J connectivity index is 1.62. The number of nitrogens with one attached hydrogen (secondary N) is 1. The number of benzene rings is 1. The molecular formula is C18H26N2O. The zero-order valence-electron chi connectivity index (χ0n) is 13.1. The van der Waals surface area contributed by atoms with Gasteiger partial charge in [0, 0.05) is 23.6 Å². The van der Waals surface area contributed by atoms with E-state index in [1.165, 1.54) is 31.2 Å². The highest BCUT2D eigenvalue weighted by atomic mass is 16.2. The van der Waals surface area contributed by atoms with Gasteiger partial charge in [-0.15, -0.1) is 0 Å². The van der Waals surface area contributed by atoms with Crippen molar-refractivity contribution in [2.24, 2.45) is 23.5 Å². The lowest BCUT2D eigenvalue weighted by Gasteiger charge is -2.23. The third-order valence-corrected chi connectivity index (χ3v) is 5.40. The smallest absolute Gasteiger partial charge is 0.228 e. The maximum Gasteiger partial charge on any atom is 0.228 e. The summed E-state index contributed by atoms with van der Waals surface area (Å²) in [5.41, 5.74) is 7.90. The normalized spacial score (nSPS) is 27.9. The zero-order valence-corrected chi connectivity index (χ0v) is 13.1. The maximum atomic E-state index is 12.3. The van der Waals surface area contributed by atoms with Crippen LogP contribution in [0.2, 0.25) is 0 Å². The number of nitrogens with two attached hydrogens (primary N) is 1. The Bertz CT molecular complexity index is 509. The minimum absolute atomic E-state index is 0.0199. The van der Waals surface area contributed by atoms with E-state index in [9.17, 15) is 4.79 Å². The largest absolute Gasteiger partial charge is 0.330 e. The second kappa shape index (κ2) is 5.45. The summed E-state index contributed by atoms with van der Waals surface area (Å²) in [6, 6.07) is 8.14. The van der Waals surface area contributed by atoms with Crippen molar-refractivity contribution in [3.05, 3.63) is 29.8 Å². The van der Waals surface area contributed by atoms with Crippen LogP contribution in [0.25, 0.3) is 0 Å². The van der Waals surface area contributed by atoms with Crippen LogP contribution in [0, 0.1) is 17.8 Å². The summed E-state index contributed by atoms with van der Waals surface area (Å²) >= 11 is 0. The molecule has 21 heavy (non-hydrogen) atoms. The van der Waals surface area contributed by atoms with E-state index < -0.39 is 0 Å². The fourth-order valence-electron chi connectivity index (χ4n) is 3.73. The molecule has 2 aliphatic rings. The highest BCUT2D eigenvalue weighted by molar-refractivity contribution is 5.94. The van der Waals surface area contributed by atoms with Crippen molar-refractivity contribution in [1.29, 1.82) is 0 Å². The van der Waals surface area contributed by atoms with Crippen molar-refractivity contribution in [2.45, 2.75) is 44.9 Å². The van der Waals surface area contributed by atoms with Gasteiger partial charge in [0.25, 0.3) is 0 Å². The second-order valence-electron chi connectivity index (χ2n) is 7.29. The molecule has 0 aliphatic heterocycles. The molecule has 2 saturated carbocycles. The Morgan fingerprint density at radius 2 is 1.76 bits per heavy atom. The lowest BCUT2D eigenvalue weighted by molar-refractivity contribution is -0.117. The van der Waals surface area contributed by atoms with Crippen molar-refractivity contribution in [3.8, 4) is 0 Å². The number of carbonyl (C=O) groups is 1. The molecule has 3 rings (SSSR count). The minimum atomic E-state index is -0.0199. The third-order valence-electron chi connectivity index (χ3n) is 5.40. The highest BCUT2D eigenvalue weighted by Gasteiger charge is 2.54. The quantitative estimate of drug-likeness (QED) is 0.892. The molecule has 0 heterocycles. The Morgan fingerprint density at radius 1 is 1.19 bits per heavy atom. The standard InChI is InChI=1S/C18H26N2O/c1-18(2,11-19)12-7-9-13(10-8-12)20-17(21)16-14-5-3-4-6-15(14)16/h7-10,14-16H,3-6,11,19H2,1-2H3,(H,20,21). The molecule has 2 aliphatic carbocycles. The molecule has 3 N–H and O–H groups in total. The first-order valence-electron chi connectivity index (χ1n) is 8.14. The van der Waals surface area contributed by atoms with Crippen LogP contribution < -0.4 is 11.1 Å². The summed E-state index contributed by atoms with van der Waals surface area (Å²) in [5.74, 6) is 1.81. The summed E-state index contributed by atoms with van der Waals surface area (Å²) in [6.45, 7) is 4.88. The number of amides is 1. The van der Waals surface area contributed by atoms with Gasteiger partial charge in [0.15, 0.2) is 0 Å². The second-order valence-corrected chi connectivity index (χ2v) is 7.29. The van der Waals surface area contributed by atoms with E-state index >= 15 is 0 Å². The van der Waals surface area contributed by atoms with Gasteiger partial charge < -0.3 is 11.1 Å². The van der Waals surface area contributed by atoms with Crippen molar-refractivity contribution < 1.29 is 4.79 Å². The average Bonchev–Trinajstić information content (AvgIpc) is 3.22. The SMILES string of the molecule is CC(C)(CN)c1ccc(NC(=O)C2C3CCCCC32)cc1. The Labute approximate surface area is 127 Å². The predicted molar refractivity (Wildman–Crippen MR) is 86.1 cm³/mol. The fourth-order valence-corrected chi connectivity index (χ4v) is 3.73. The van der Waals surface area contributed by atoms with Crippen LogP contribution in [0.3, 0.4) is 0 Å². The molecule has 0 spiro atoms. The van der Waals surface area contributed by atoms with E-state index in [1.54, 1.807) is 0 Å². The van der Waals surface area contributed by atoms with E-state index in [-0.39, 0.29) is 17.2 Å². The summed E-state index contributed by atoms with van der Waals surface area (Å²) in [4.78, 5) is 12.3. The first kappa shape index (κ1) is 14.6. The van der Waals surface area contributed by atoms with Crippen molar-refractivity contribution in [2.75, 3.05) is 11.9 Å². The van der Waals surface area contributed by atoms with Crippen LogP contribution in [-0.2, 0) is 10.2 Å². The summed E-state index contributed by atoms with van der Waals surface area (Å²) in [6.07, 6.45) is 5.08. The van der Waals surface area contributed by atoms with Gasteiger partial charge in [-0.05, 0) is 42.4 Å². The number of fused-ring (bicyclic) bond motifs is 1. The van der Waals surface area contributed by atoms with Crippen molar-refractivity contribution in [1.82, 2.24) is 0 Å². The molecule has 0 aromatic heterocycles. The number of anilines is 1. The number of hydrogen-bond acceptors (Lipinski definition) is 2. The molecule has 114 valence electrons. The molecule has 1 aromatic rings. The van der Waals surface area contributed by atoms with Gasteiger partial charge in [0.1, 0.15) is 0 Å². The van der Waals surface area contributed by atoms with Gasteiger partial charge in [0.05, 0.1) is 0 Å². The van der Waals surface area contributed by atoms with Gasteiger partial charge in [-0.1, -0.05) is 38.8 Å². The molecule has 2 atom stereocenters. The fraction of sp³-hybridized carbons (Fsp3) is 0.611. The Hall–Kier alpha value is -1.35. The van der Waals surface area contributed by atoms with Gasteiger partial charge in [-0.25, -0.2) is 0 Å². The molecule has 2 unspecified atom stereocenters. The summed E-state index contributed by atoms with van der Waals surface area (Å²) in [7, 11) is 0. The van der Waals surface area contributed by atoms with Gasteiger partial charge in [0.2, 0.25) is 5.91 Å². The van der Waals surface area contributed by atoms with Crippen LogP contribution in [0.5, 0.6) is 0 Å². The van der Waals surface area contributed by atoms with E-state index in [2.05, 4.69) is 31.3 Å². The molecule has 1 aromatic carbocycles. The maximum absolute atomic E-state index is 12.3. The monoisotopic (exact) mass is 286 g/mol. The van der Waals surface area contributed by atoms with Gasteiger partial charge in [-0.2, -0.15) is 0 Å². The molecule has 3 heteroatoms.